The molecule has 1 aromatic heterocycles. The Morgan fingerprint density at radius 3 is 2.44 bits per heavy atom. The molecule has 2 aromatic carbocycles. The molecule has 3 aromatic rings. The van der Waals surface area contributed by atoms with Crippen molar-refractivity contribution in [1.29, 1.82) is 0 Å². The van der Waals surface area contributed by atoms with Gasteiger partial charge in [-0.25, -0.2) is 9.78 Å². The number of carbonyl (C=O) groups is 3. The first kappa shape index (κ1) is 22.9. The van der Waals surface area contributed by atoms with Gasteiger partial charge in [0, 0.05) is 23.4 Å². The van der Waals surface area contributed by atoms with Crippen molar-refractivity contribution in [1.82, 2.24) is 4.98 Å². The first-order valence-electron chi connectivity index (χ1n) is 8.93. The zero-order valence-corrected chi connectivity index (χ0v) is 17.6. The van der Waals surface area contributed by atoms with Crippen molar-refractivity contribution >= 4 is 52.2 Å². The van der Waals surface area contributed by atoms with E-state index in [1.54, 1.807) is 6.07 Å². The van der Waals surface area contributed by atoms with Crippen molar-refractivity contribution in [3.05, 3.63) is 97.8 Å². The van der Waals surface area contributed by atoms with E-state index in [4.69, 9.17) is 27.9 Å². The third-order valence-electron chi connectivity index (χ3n) is 4.16. The van der Waals surface area contributed by atoms with E-state index < -0.39 is 34.9 Å². The highest BCUT2D eigenvalue weighted by Gasteiger charge is 2.22. The lowest BCUT2D eigenvalue weighted by atomic mass is 9.98. The van der Waals surface area contributed by atoms with Gasteiger partial charge in [0.05, 0.1) is 16.2 Å². The Morgan fingerprint density at radius 1 is 1.03 bits per heavy atom. The van der Waals surface area contributed by atoms with Gasteiger partial charge in [0.15, 0.2) is 17.5 Å². The van der Waals surface area contributed by atoms with Crippen LogP contribution in [0.1, 0.15) is 26.3 Å². The van der Waals surface area contributed by atoms with Crippen molar-refractivity contribution < 1.29 is 24.0 Å². The Morgan fingerprint density at radius 2 is 1.75 bits per heavy atom. The van der Waals surface area contributed by atoms with Crippen LogP contribution < -0.4 is 5.32 Å². The Bertz CT molecular complexity index is 1230. The minimum absolute atomic E-state index is 0.0367. The lowest BCUT2D eigenvalue weighted by Crippen LogP contribution is -2.22. The van der Waals surface area contributed by atoms with Crippen molar-refractivity contribution in [2.24, 2.45) is 0 Å². The van der Waals surface area contributed by atoms with Gasteiger partial charge in [0.2, 0.25) is 0 Å². The molecule has 1 heterocycles. The molecule has 0 aliphatic heterocycles. The minimum Gasteiger partial charge on any atom is -0.452 e. The minimum atomic E-state index is -0.926. The number of ether oxygens (including phenoxy) is 1. The number of amides is 1. The molecule has 0 aliphatic carbocycles. The predicted octanol–water partition coefficient (Wildman–Crippen LogP) is 4.32. The van der Waals surface area contributed by atoms with Gasteiger partial charge in [0.1, 0.15) is 5.02 Å². The van der Waals surface area contributed by atoms with Gasteiger partial charge in [-0.15, -0.1) is 0 Å². The fraction of sp³-hybridized carbons (Fsp3) is 0.0476. The Kier molecular flexibility index (Phi) is 7.14. The third kappa shape index (κ3) is 5.26. The highest BCUT2D eigenvalue weighted by molar-refractivity contribution is 6.33. The fourth-order valence-electron chi connectivity index (χ4n) is 2.68. The van der Waals surface area contributed by atoms with Crippen LogP contribution in [0.5, 0.6) is 0 Å². The lowest BCUT2D eigenvalue weighted by molar-refractivity contribution is -0.384. The summed E-state index contributed by atoms with van der Waals surface area (Å²) in [6.45, 7) is -0.640. The number of aromatic nitrogens is 1. The zero-order chi connectivity index (χ0) is 23.3. The van der Waals surface area contributed by atoms with Gasteiger partial charge in [-0.2, -0.15) is 0 Å². The van der Waals surface area contributed by atoms with Gasteiger partial charge in [0.25, 0.3) is 11.6 Å². The second-order valence-electron chi connectivity index (χ2n) is 6.26. The SMILES string of the molecule is O=C(COC(=O)c1ccccc1C(=O)c1ccc(Cl)c([N+](=O)[O-])c1)Nc1cccnc1Cl. The van der Waals surface area contributed by atoms with Crippen LogP contribution >= 0.6 is 23.2 Å². The quantitative estimate of drug-likeness (QED) is 0.178. The summed E-state index contributed by atoms with van der Waals surface area (Å²) < 4.78 is 5.01. The number of benzene rings is 2. The van der Waals surface area contributed by atoms with Crippen LogP contribution in [0.15, 0.2) is 60.8 Å². The monoisotopic (exact) mass is 473 g/mol. The summed E-state index contributed by atoms with van der Waals surface area (Å²) in [7, 11) is 0. The smallest absolute Gasteiger partial charge is 0.339 e. The van der Waals surface area contributed by atoms with Crippen LogP contribution in [-0.4, -0.2) is 34.2 Å². The predicted molar refractivity (Wildman–Crippen MR) is 116 cm³/mol. The molecule has 1 N–H and O–H groups in total. The number of hydrogen-bond donors (Lipinski definition) is 1. The number of hydrogen-bond acceptors (Lipinski definition) is 7. The number of nitro benzene ring substituents is 1. The summed E-state index contributed by atoms with van der Waals surface area (Å²) in [6, 6.07) is 12.4. The molecule has 0 spiro atoms. The molecule has 0 atom stereocenters. The highest BCUT2D eigenvalue weighted by atomic mass is 35.5. The average Bonchev–Trinajstić information content (AvgIpc) is 2.78. The number of nitrogens with zero attached hydrogens (tertiary/aromatic N) is 2. The van der Waals surface area contributed by atoms with Crippen molar-refractivity contribution in [3.63, 3.8) is 0 Å². The fourth-order valence-corrected chi connectivity index (χ4v) is 3.04. The molecule has 162 valence electrons. The number of rotatable bonds is 7. The number of carbonyl (C=O) groups excluding carboxylic acids is 3. The summed E-state index contributed by atoms with van der Waals surface area (Å²) >= 11 is 11.6. The Hall–Kier alpha value is -3.82. The molecule has 0 unspecified atom stereocenters. The third-order valence-corrected chi connectivity index (χ3v) is 4.78. The van der Waals surface area contributed by atoms with E-state index in [1.807, 2.05) is 0 Å². The van der Waals surface area contributed by atoms with Gasteiger partial charge in [-0.05, 0) is 30.3 Å². The van der Waals surface area contributed by atoms with E-state index in [-0.39, 0.29) is 32.6 Å². The lowest BCUT2D eigenvalue weighted by Gasteiger charge is -2.10. The number of nitro groups is 1. The molecular weight excluding hydrogens is 461 g/mol. The molecule has 9 nitrogen and oxygen atoms in total. The zero-order valence-electron chi connectivity index (χ0n) is 16.1. The van der Waals surface area contributed by atoms with Crippen LogP contribution in [0.4, 0.5) is 11.4 Å². The van der Waals surface area contributed by atoms with Crippen molar-refractivity contribution in [2.75, 3.05) is 11.9 Å². The number of anilines is 1. The van der Waals surface area contributed by atoms with Crippen LogP contribution in [0.25, 0.3) is 0 Å². The summed E-state index contributed by atoms with van der Waals surface area (Å²) in [5.41, 5.74) is -0.393. The molecule has 0 saturated carbocycles. The van der Waals surface area contributed by atoms with Gasteiger partial charge in [-0.3, -0.25) is 19.7 Å². The van der Waals surface area contributed by atoms with E-state index in [0.29, 0.717) is 0 Å². The van der Waals surface area contributed by atoms with E-state index in [9.17, 15) is 24.5 Å². The number of halogens is 2. The van der Waals surface area contributed by atoms with Gasteiger partial charge in [-0.1, -0.05) is 41.4 Å². The van der Waals surface area contributed by atoms with Gasteiger partial charge >= 0.3 is 5.97 Å². The second kappa shape index (κ2) is 9.99. The summed E-state index contributed by atoms with van der Waals surface area (Å²) in [4.78, 5) is 51.7. The molecule has 0 bridgehead atoms. The topological polar surface area (TPSA) is 128 Å². The van der Waals surface area contributed by atoms with Crippen LogP contribution in [0, 0.1) is 10.1 Å². The molecule has 0 aliphatic rings. The molecule has 0 fully saturated rings. The maximum atomic E-state index is 12.9. The Labute approximate surface area is 191 Å². The number of ketones is 1. The normalized spacial score (nSPS) is 10.3. The highest BCUT2D eigenvalue weighted by Crippen LogP contribution is 2.27. The molecule has 3 rings (SSSR count). The van der Waals surface area contributed by atoms with E-state index in [0.717, 1.165) is 6.07 Å². The molecule has 0 radical (unpaired) electrons. The average molecular weight is 474 g/mol. The maximum Gasteiger partial charge on any atom is 0.339 e. The Balaban J connectivity index is 1.76. The molecule has 1 amide bonds. The molecular formula is C21H13Cl2N3O6. The second-order valence-corrected chi connectivity index (χ2v) is 7.03. The molecule has 0 saturated heterocycles. The van der Waals surface area contributed by atoms with Crippen LogP contribution in [0.2, 0.25) is 10.2 Å². The number of nitrogens with one attached hydrogen (secondary N) is 1. The standard InChI is InChI=1S/C21H13Cl2N3O6/c22-15-8-7-12(10-17(15)26(30)31)19(28)13-4-1-2-5-14(13)21(29)32-11-18(27)25-16-6-3-9-24-20(16)23/h1-10H,11H2,(H,25,27). The number of esters is 1. The molecule has 32 heavy (non-hydrogen) atoms. The first-order valence-corrected chi connectivity index (χ1v) is 9.68. The van der Waals surface area contributed by atoms with E-state index >= 15 is 0 Å². The van der Waals surface area contributed by atoms with E-state index in [1.165, 1.54) is 48.7 Å². The summed E-state index contributed by atoms with van der Waals surface area (Å²) in [6.07, 6.45) is 1.45. The summed E-state index contributed by atoms with van der Waals surface area (Å²) in [5.74, 6) is -2.24. The number of pyridine rings is 1. The van der Waals surface area contributed by atoms with Crippen molar-refractivity contribution in [3.8, 4) is 0 Å². The van der Waals surface area contributed by atoms with Crippen LogP contribution in [-0.2, 0) is 9.53 Å². The first-order chi connectivity index (χ1) is 15.3. The van der Waals surface area contributed by atoms with Crippen LogP contribution in [0.3, 0.4) is 0 Å². The largest absolute Gasteiger partial charge is 0.452 e. The summed E-state index contributed by atoms with van der Waals surface area (Å²) in [5, 5.41) is 13.5. The van der Waals surface area contributed by atoms with Gasteiger partial charge < -0.3 is 10.1 Å². The van der Waals surface area contributed by atoms with E-state index in [2.05, 4.69) is 10.3 Å². The maximum absolute atomic E-state index is 12.9. The molecule has 11 heteroatoms. The van der Waals surface area contributed by atoms with Crippen molar-refractivity contribution in [2.45, 2.75) is 0 Å².